The van der Waals surface area contributed by atoms with Crippen LogP contribution in [0.1, 0.15) is 31.8 Å². The third-order valence-electron chi connectivity index (χ3n) is 5.81. The molecule has 0 spiro atoms. The van der Waals surface area contributed by atoms with Crippen LogP contribution in [0.2, 0.25) is 0 Å². The minimum Gasteiger partial charge on any atom is -0.478 e. The molecular formula is C26H26FN3O3. The molecule has 1 aliphatic rings. The molecule has 1 aliphatic heterocycles. The van der Waals surface area contributed by atoms with Gasteiger partial charge in [-0.2, -0.15) is 0 Å². The van der Waals surface area contributed by atoms with E-state index >= 15 is 0 Å². The number of carbonyl (C=O) groups is 2. The molecule has 1 fully saturated rings. The average Bonchev–Trinajstić information content (AvgIpc) is 2.80. The number of halogens is 1. The first-order chi connectivity index (χ1) is 15.9. The lowest BCUT2D eigenvalue weighted by molar-refractivity contribution is 0.0696. The SMILES string of the molecule is Cc1ccc(C(=O)Nc2cc(C(=O)O)ccc2N2CCN(Cc3cccc(F)c3)CC2)cc1. The molecule has 0 bridgehead atoms. The van der Waals surface area contributed by atoms with Crippen LogP contribution in [0.4, 0.5) is 15.8 Å². The average molecular weight is 448 g/mol. The van der Waals surface area contributed by atoms with Crippen LogP contribution in [0.5, 0.6) is 0 Å². The molecule has 1 amide bonds. The van der Waals surface area contributed by atoms with Crippen LogP contribution in [0.25, 0.3) is 0 Å². The largest absolute Gasteiger partial charge is 0.478 e. The van der Waals surface area contributed by atoms with Crippen LogP contribution in [-0.2, 0) is 6.54 Å². The quantitative estimate of drug-likeness (QED) is 0.586. The molecular weight excluding hydrogens is 421 g/mol. The lowest BCUT2D eigenvalue weighted by Crippen LogP contribution is -2.46. The van der Waals surface area contributed by atoms with E-state index in [0.29, 0.717) is 30.9 Å². The molecule has 1 heterocycles. The van der Waals surface area contributed by atoms with Gasteiger partial charge in [0.15, 0.2) is 0 Å². The number of carboxylic acid groups (broad SMARTS) is 1. The van der Waals surface area contributed by atoms with Gasteiger partial charge in [-0.1, -0.05) is 29.8 Å². The fourth-order valence-electron chi connectivity index (χ4n) is 3.98. The normalized spacial score (nSPS) is 14.2. The monoisotopic (exact) mass is 447 g/mol. The number of aromatic carboxylic acids is 1. The third kappa shape index (κ3) is 5.56. The van der Waals surface area contributed by atoms with Crippen LogP contribution in [0.3, 0.4) is 0 Å². The zero-order chi connectivity index (χ0) is 23.4. The van der Waals surface area contributed by atoms with Crippen molar-refractivity contribution in [1.82, 2.24) is 4.90 Å². The predicted octanol–water partition coefficient (Wildman–Crippen LogP) is 4.41. The molecule has 7 heteroatoms. The van der Waals surface area contributed by atoms with Crippen molar-refractivity contribution < 1.29 is 19.1 Å². The Labute approximate surface area is 192 Å². The first-order valence-electron chi connectivity index (χ1n) is 10.9. The summed E-state index contributed by atoms with van der Waals surface area (Å²) in [4.78, 5) is 28.7. The van der Waals surface area contributed by atoms with Gasteiger partial charge in [-0.15, -0.1) is 0 Å². The van der Waals surface area contributed by atoms with Crippen molar-refractivity contribution in [3.63, 3.8) is 0 Å². The summed E-state index contributed by atoms with van der Waals surface area (Å²) in [7, 11) is 0. The van der Waals surface area contributed by atoms with Gasteiger partial charge in [-0.05, 0) is 55.0 Å². The minimum atomic E-state index is -1.05. The Morgan fingerprint density at radius 3 is 2.30 bits per heavy atom. The van der Waals surface area contributed by atoms with Gasteiger partial charge < -0.3 is 15.3 Å². The van der Waals surface area contributed by atoms with Gasteiger partial charge in [0, 0.05) is 38.3 Å². The zero-order valence-electron chi connectivity index (χ0n) is 18.4. The molecule has 3 aromatic carbocycles. The first-order valence-corrected chi connectivity index (χ1v) is 10.9. The maximum Gasteiger partial charge on any atom is 0.335 e. The van der Waals surface area contributed by atoms with E-state index in [1.54, 1.807) is 36.4 Å². The maximum atomic E-state index is 13.5. The Morgan fingerprint density at radius 2 is 1.64 bits per heavy atom. The van der Waals surface area contributed by atoms with E-state index in [9.17, 15) is 19.1 Å². The fourth-order valence-corrected chi connectivity index (χ4v) is 3.98. The van der Waals surface area contributed by atoms with Crippen LogP contribution in [0, 0.1) is 12.7 Å². The van der Waals surface area contributed by atoms with Gasteiger partial charge in [0.2, 0.25) is 0 Å². The van der Waals surface area contributed by atoms with Gasteiger partial charge >= 0.3 is 5.97 Å². The number of hydrogen-bond donors (Lipinski definition) is 2. The molecule has 0 radical (unpaired) electrons. The van der Waals surface area contributed by atoms with Crippen molar-refractivity contribution in [2.45, 2.75) is 13.5 Å². The molecule has 0 aliphatic carbocycles. The third-order valence-corrected chi connectivity index (χ3v) is 5.81. The van der Waals surface area contributed by atoms with Crippen LogP contribution < -0.4 is 10.2 Å². The second-order valence-corrected chi connectivity index (χ2v) is 8.25. The fraction of sp³-hybridized carbons (Fsp3) is 0.231. The Balaban J connectivity index is 1.49. The van der Waals surface area contributed by atoms with Crippen molar-refractivity contribution in [3.8, 4) is 0 Å². The number of amides is 1. The second-order valence-electron chi connectivity index (χ2n) is 8.25. The number of nitrogens with one attached hydrogen (secondary N) is 1. The predicted molar refractivity (Wildman–Crippen MR) is 126 cm³/mol. The van der Waals surface area contributed by atoms with E-state index in [0.717, 1.165) is 29.9 Å². The number of carbonyl (C=O) groups excluding carboxylic acids is 1. The standard InChI is InChI=1S/C26H26FN3O3/c1-18-5-7-20(8-6-18)25(31)28-23-16-21(26(32)33)9-10-24(23)30-13-11-29(12-14-30)17-19-3-2-4-22(27)15-19/h2-10,15-16H,11-14,17H2,1H3,(H,28,31)(H,32,33). The molecule has 0 aromatic heterocycles. The summed E-state index contributed by atoms with van der Waals surface area (Å²) < 4.78 is 13.5. The van der Waals surface area contributed by atoms with E-state index in [1.165, 1.54) is 12.1 Å². The van der Waals surface area contributed by atoms with E-state index in [2.05, 4.69) is 15.1 Å². The number of hydrogen-bond acceptors (Lipinski definition) is 4. The number of carboxylic acids is 1. The molecule has 4 rings (SSSR count). The molecule has 3 aromatic rings. The van der Waals surface area contributed by atoms with E-state index < -0.39 is 5.97 Å². The topological polar surface area (TPSA) is 72.9 Å². The minimum absolute atomic E-state index is 0.114. The lowest BCUT2D eigenvalue weighted by atomic mass is 10.1. The lowest BCUT2D eigenvalue weighted by Gasteiger charge is -2.37. The Hall–Kier alpha value is -3.71. The van der Waals surface area contributed by atoms with Crippen molar-refractivity contribution in [2.75, 3.05) is 36.4 Å². The van der Waals surface area contributed by atoms with Gasteiger partial charge in [-0.25, -0.2) is 9.18 Å². The number of anilines is 2. The molecule has 2 N–H and O–H groups in total. The van der Waals surface area contributed by atoms with E-state index in [-0.39, 0.29) is 17.3 Å². The summed E-state index contributed by atoms with van der Waals surface area (Å²) in [5.41, 5.74) is 3.86. The Kier molecular flexibility index (Phi) is 6.70. The van der Waals surface area contributed by atoms with E-state index in [1.807, 2.05) is 25.1 Å². The van der Waals surface area contributed by atoms with Crippen molar-refractivity contribution in [3.05, 3.63) is 94.8 Å². The van der Waals surface area contributed by atoms with Gasteiger partial charge in [0.1, 0.15) is 5.82 Å². The summed E-state index contributed by atoms with van der Waals surface area (Å²) >= 11 is 0. The highest BCUT2D eigenvalue weighted by Gasteiger charge is 2.21. The highest BCUT2D eigenvalue weighted by molar-refractivity contribution is 6.06. The van der Waals surface area contributed by atoms with Crippen molar-refractivity contribution >= 4 is 23.3 Å². The summed E-state index contributed by atoms with van der Waals surface area (Å²) in [6.45, 7) is 5.56. The zero-order valence-corrected chi connectivity index (χ0v) is 18.4. The summed E-state index contributed by atoms with van der Waals surface area (Å²) in [6, 6.07) is 18.6. The Morgan fingerprint density at radius 1 is 0.939 bits per heavy atom. The summed E-state index contributed by atoms with van der Waals surface area (Å²) in [5.74, 6) is -1.57. The van der Waals surface area contributed by atoms with Crippen LogP contribution >= 0.6 is 0 Å². The molecule has 0 saturated carbocycles. The van der Waals surface area contributed by atoms with Crippen LogP contribution in [0.15, 0.2) is 66.7 Å². The van der Waals surface area contributed by atoms with Crippen molar-refractivity contribution in [2.24, 2.45) is 0 Å². The molecule has 33 heavy (non-hydrogen) atoms. The van der Waals surface area contributed by atoms with Crippen LogP contribution in [-0.4, -0.2) is 48.1 Å². The van der Waals surface area contributed by atoms with Crippen molar-refractivity contribution in [1.29, 1.82) is 0 Å². The summed E-state index contributed by atoms with van der Waals surface area (Å²) in [5, 5.41) is 12.3. The number of nitrogens with zero attached hydrogens (tertiary/aromatic N) is 2. The molecule has 6 nitrogen and oxygen atoms in total. The molecule has 0 unspecified atom stereocenters. The number of rotatable bonds is 6. The van der Waals surface area contributed by atoms with Gasteiger partial charge in [0.25, 0.3) is 5.91 Å². The number of piperazine rings is 1. The Bertz CT molecular complexity index is 1160. The first kappa shape index (κ1) is 22.5. The highest BCUT2D eigenvalue weighted by Crippen LogP contribution is 2.29. The molecule has 1 saturated heterocycles. The van der Waals surface area contributed by atoms with Gasteiger partial charge in [0.05, 0.1) is 16.9 Å². The second kappa shape index (κ2) is 9.83. The maximum absolute atomic E-state index is 13.5. The van der Waals surface area contributed by atoms with E-state index in [4.69, 9.17) is 0 Å². The highest BCUT2D eigenvalue weighted by atomic mass is 19.1. The van der Waals surface area contributed by atoms with Gasteiger partial charge in [-0.3, -0.25) is 9.69 Å². The number of benzene rings is 3. The smallest absolute Gasteiger partial charge is 0.335 e. The molecule has 170 valence electrons. The number of aryl methyl sites for hydroxylation is 1. The molecule has 0 atom stereocenters. The summed E-state index contributed by atoms with van der Waals surface area (Å²) in [6.07, 6.45) is 0.